The molecule has 0 amide bonds. The van der Waals surface area contributed by atoms with Gasteiger partial charge in [0.25, 0.3) is 0 Å². The molecule has 3 fully saturated rings. The average molecular weight is 605 g/mol. The number of hydrogen-bond donors (Lipinski definition) is 2. The molecule has 3 saturated carbocycles. The molecule has 6 heteroatoms. The monoisotopic (exact) mass is 604 g/mol. The van der Waals surface area contributed by atoms with E-state index in [1.54, 1.807) is 6.07 Å². The molecule has 8 atom stereocenters. The van der Waals surface area contributed by atoms with Crippen LogP contribution in [0.4, 0.5) is 11.4 Å². The van der Waals surface area contributed by atoms with E-state index in [1.165, 1.54) is 81.2 Å². The summed E-state index contributed by atoms with van der Waals surface area (Å²) in [7, 11) is 0. The molecule has 0 radical (unpaired) electrons. The van der Waals surface area contributed by atoms with Crippen molar-refractivity contribution in [2.24, 2.45) is 46.3 Å². The van der Waals surface area contributed by atoms with Gasteiger partial charge in [-0.25, -0.2) is 9.59 Å². The van der Waals surface area contributed by atoms with Crippen LogP contribution in [0.2, 0.25) is 0 Å². The van der Waals surface area contributed by atoms with Gasteiger partial charge in [-0.3, -0.25) is 0 Å². The average Bonchev–Trinajstić information content (AvgIpc) is 3.32. The number of hydrogen-bond acceptors (Lipinski definition) is 6. The predicted molar refractivity (Wildman–Crippen MR) is 178 cm³/mol. The second kappa shape index (κ2) is 13.3. The van der Waals surface area contributed by atoms with Gasteiger partial charge in [0.15, 0.2) is 0 Å². The predicted octanol–water partition coefficient (Wildman–Crippen LogP) is 8.52. The summed E-state index contributed by atoms with van der Waals surface area (Å²) in [5, 5.41) is 0. The zero-order valence-corrected chi connectivity index (χ0v) is 27.8. The fourth-order valence-electron chi connectivity index (χ4n) is 10.1. The smallest absolute Gasteiger partial charge is 0.338 e. The highest BCUT2D eigenvalue weighted by Crippen LogP contribution is 2.67. The van der Waals surface area contributed by atoms with Crippen molar-refractivity contribution in [3.63, 3.8) is 0 Å². The molecule has 1 aromatic carbocycles. The summed E-state index contributed by atoms with van der Waals surface area (Å²) in [4.78, 5) is 24.9. The molecule has 0 spiro atoms. The van der Waals surface area contributed by atoms with Gasteiger partial charge in [0.2, 0.25) is 0 Å². The highest BCUT2D eigenvalue weighted by Gasteiger charge is 2.59. The third-order valence-corrected chi connectivity index (χ3v) is 12.3. The molecule has 44 heavy (non-hydrogen) atoms. The first-order valence-electron chi connectivity index (χ1n) is 17.3. The Morgan fingerprint density at radius 3 is 2.45 bits per heavy atom. The van der Waals surface area contributed by atoms with Crippen molar-refractivity contribution < 1.29 is 19.1 Å². The van der Waals surface area contributed by atoms with Crippen molar-refractivity contribution in [2.45, 2.75) is 111 Å². The molecule has 1 aromatic rings. The number of ether oxygens (including phenoxy) is 2. The number of fused-ring (bicyclic) bond motifs is 5. The highest BCUT2D eigenvalue weighted by molar-refractivity contribution is 5.91. The van der Waals surface area contributed by atoms with Gasteiger partial charge in [0.1, 0.15) is 12.7 Å². The summed E-state index contributed by atoms with van der Waals surface area (Å²) >= 11 is 0. The van der Waals surface area contributed by atoms with Crippen LogP contribution >= 0.6 is 0 Å². The third kappa shape index (κ3) is 6.74. The van der Waals surface area contributed by atoms with Gasteiger partial charge in [0, 0.05) is 23.9 Å². The minimum absolute atomic E-state index is 0.0305. The van der Waals surface area contributed by atoms with E-state index in [4.69, 9.17) is 20.9 Å². The van der Waals surface area contributed by atoms with E-state index in [2.05, 4.69) is 40.7 Å². The number of anilines is 2. The van der Waals surface area contributed by atoms with Crippen LogP contribution in [0.1, 0.15) is 116 Å². The van der Waals surface area contributed by atoms with Gasteiger partial charge in [0.05, 0.1) is 5.56 Å². The lowest BCUT2D eigenvalue weighted by molar-refractivity contribution is -0.145. The Morgan fingerprint density at radius 1 is 0.977 bits per heavy atom. The maximum absolute atomic E-state index is 12.6. The second-order valence-electron chi connectivity index (χ2n) is 15.5. The fraction of sp³-hybridized carbons (Fsp3) is 0.684. The largest absolute Gasteiger partial charge is 0.459 e. The van der Waals surface area contributed by atoms with Crippen molar-refractivity contribution in [1.29, 1.82) is 0 Å². The van der Waals surface area contributed by atoms with Crippen molar-refractivity contribution in [1.82, 2.24) is 0 Å². The first-order valence-corrected chi connectivity index (χ1v) is 17.3. The number of nitrogens with two attached hydrogens (primary N) is 2. The molecule has 8 unspecified atom stereocenters. The van der Waals surface area contributed by atoms with Crippen molar-refractivity contribution in [2.75, 3.05) is 18.1 Å². The third-order valence-electron chi connectivity index (χ3n) is 12.3. The molecule has 0 heterocycles. The van der Waals surface area contributed by atoms with Gasteiger partial charge in [-0.2, -0.15) is 0 Å². The van der Waals surface area contributed by atoms with Crippen LogP contribution < -0.4 is 11.5 Å². The van der Waals surface area contributed by atoms with Crippen LogP contribution in [-0.2, 0) is 14.3 Å². The summed E-state index contributed by atoms with van der Waals surface area (Å²) < 4.78 is 11.1. The Kier molecular flexibility index (Phi) is 9.87. The van der Waals surface area contributed by atoms with Crippen LogP contribution in [0.15, 0.2) is 42.0 Å². The summed E-state index contributed by atoms with van der Waals surface area (Å²) in [5.41, 5.74) is 14.8. The lowest BCUT2D eigenvalue weighted by Gasteiger charge is -2.58. The number of rotatable bonds is 10. The number of carbonyl (C=O) groups excluding carboxylic acids is 2. The number of carbonyl (C=O) groups is 2. The zero-order valence-electron chi connectivity index (χ0n) is 27.8. The summed E-state index contributed by atoms with van der Waals surface area (Å²) in [6.45, 7) is 12.4. The molecule has 0 aliphatic heterocycles. The first-order chi connectivity index (χ1) is 20.9. The molecule has 242 valence electrons. The van der Waals surface area contributed by atoms with Crippen LogP contribution in [0.3, 0.4) is 0 Å². The van der Waals surface area contributed by atoms with E-state index in [1.807, 2.05) is 0 Å². The molecule has 0 bridgehead atoms. The van der Waals surface area contributed by atoms with E-state index >= 15 is 0 Å². The second-order valence-corrected chi connectivity index (χ2v) is 15.5. The van der Waals surface area contributed by atoms with Gasteiger partial charge >= 0.3 is 11.9 Å². The van der Waals surface area contributed by atoms with Gasteiger partial charge < -0.3 is 20.9 Å². The molecule has 6 nitrogen and oxygen atoms in total. The van der Waals surface area contributed by atoms with Crippen LogP contribution in [0, 0.1) is 46.3 Å². The maximum Gasteiger partial charge on any atom is 0.338 e. The fourth-order valence-corrected chi connectivity index (χ4v) is 10.1. The lowest BCUT2D eigenvalue weighted by atomic mass is 9.47. The molecule has 4 aliphatic rings. The Balaban J connectivity index is 1.13. The molecular formula is C38H56N2O4. The zero-order chi connectivity index (χ0) is 31.6. The van der Waals surface area contributed by atoms with Gasteiger partial charge in [-0.1, -0.05) is 65.5 Å². The van der Waals surface area contributed by atoms with E-state index in [9.17, 15) is 9.59 Å². The summed E-state index contributed by atoms with van der Waals surface area (Å²) in [6.07, 6.45) is 19.0. The first kappa shape index (κ1) is 32.6. The number of allylic oxidation sites excluding steroid dienone is 1. The van der Waals surface area contributed by atoms with E-state index in [-0.39, 0.29) is 29.7 Å². The van der Waals surface area contributed by atoms with Gasteiger partial charge in [-0.15, -0.1) is 0 Å². The Bertz CT molecular complexity index is 1250. The topological polar surface area (TPSA) is 105 Å². The Morgan fingerprint density at radius 2 is 1.73 bits per heavy atom. The van der Waals surface area contributed by atoms with E-state index in [0.29, 0.717) is 16.8 Å². The van der Waals surface area contributed by atoms with Gasteiger partial charge in [-0.05, 0) is 116 Å². The standard InChI is InChI=1S/C38H56N2O4/c1-24(2)8-6-9-25(3)32-13-14-33-31-12-11-27-22-30(15-17-37(27,4)34(31)16-18-38(32,33)5)44-35(41)10-7-19-43-36(42)26-20-28(39)23-29(40)21-26/h7,10-11,20-21,23-25,30-34H,6,8-9,12-19,22,39-40H2,1-5H3/b10-7+. The highest BCUT2D eigenvalue weighted by atomic mass is 16.5. The van der Waals surface area contributed by atoms with E-state index < -0.39 is 5.97 Å². The number of benzene rings is 1. The molecule has 0 aromatic heterocycles. The van der Waals surface area contributed by atoms with Crippen LogP contribution in [0.25, 0.3) is 0 Å². The molecule has 4 aliphatic carbocycles. The molecule has 4 N–H and O–H groups in total. The van der Waals surface area contributed by atoms with E-state index in [0.717, 1.165) is 54.8 Å². The molecule has 0 saturated heterocycles. The molecule has 5 rings (SSSR count). The minimum Gasteiger partial charge on any atom is -0.459 e. The lowest BCUT2D eigenvalue weighted by Crippen LogP contribution is -2.51. The number of esters is 2. The minimum atomic E-state index is -0.538. The van der Waals surface area contributed by atoms with Crippen LogP contribution in [0.5, 0.6) is 0 Å². The molecular weight excluding hydrogens is 548 g/mol. The maximum atomic E-state index is 12.6. The van der Waals surface area contributed by atoms with Crippen molar-refractivity contribution >= 4 is 23.3 Å². The Labute approximate surface area is 265 Å². The summed E-state index contributed by atoms with van der Waals surface area (Å²) in [5.74, 6) is 3.98. The normalized spacial score (nSPS) is 33.7. The SMILES string of the molecule is CC(C)CCCC(C)C1CCC2C3CC=C4CC(OC(=O)/C=C/COC(=O)c5cc(N)cc(N)c5)CCC4(C)C3CCC12C. The number of nitrogen functional groups attached to an aromatic ring is 2. The quantitative estimate of drug-likeness (QED) is 0.120. The van der Waals surface area contributed by atoms with Crippen molar-refractivity contribution in [3.05, 3.63) is 47.6 Å². The van der Waals surface area contributed by atoms with Crippen LogP contribution in [-0.4, -0.2) is 24.6 Å². The Hall–Kier alpha value is -2.76. The van der Waals surface area contributed by atoms with Crippen molar-refractivity contribution in [3.8, 4) is 0 Å². The summed E-state index contributed by atoms with van der Waals surface area (Å²) in [6, 6.07) is 4.61.